The highest BCUT2D eigenvalue weighted by Crippen LogP contribution is 2.25. The molecule has 0 spiro atoms. The number of hydrogen-bond donors (Lipinski definition) is 2. The van der Waals surface area contributed by atoms with E-state index in [0.717, 1.165) is 10.0 Å². The summed E-state index contributed by atoms with van der Waals surface area (Å²) in [6.07, 6.45) is -0.565. The molecule has 2 rings (SSSR count). The average molecular weight is 479 g/mol. The summed E-state index contributed by atoms with van der Waals surface area (Å²) in [6.45, 7) is 5.48. The van der Waals surface area contributed by atoms with Gasteiger partial charge in [0, 0.05) is 11.0 Å². The standard InChI is InChI=1S/C22H27BrN2O5/c1-22(2,3)30-21(27)24-13-18(14-7-6-8-16(11-14)28-4)25-20(26)17-12-15(23)9-10-19(17)29-5/h6-12,18H,13H2,1-5H3,(H,24,27)(H,25,26). The van der Waals surface area contributed by atoms with E-state index in [4.69, 9.17) is 14.2 Å². The van der Waals surface area contributed by atoms with E-state index in [1.165, 1.54) is 7.11 Å². The molecule has 7 nitrogen and oxygen atoms in total. The van der Waals surface area contributed by atoms with Crippen LogP contribution in [0.1, 0.15) is 42.7 Å². The first-order chi connectivity index (χ1) is 14.1. The first kappa shape index (κ1) is 23.5. The lowest BCUT2D eigenvalue weighted by molar-refractivity contribution is 0.0519. The Bertz CT molecular complexity index is 895. The molecule has 2 amide bonds. The second-order valence-corrected chi connectivity index (χ2v) is 8.45. The molecule has 0 radical (unpaired) electrons. The van der Waals surface area contributed by atoms with E-state index >= 15 is 0 Å². The molecule has 0 saturated heterocycles. The maximum atomic E-state index is 13.0. The molecular formula is C22H27BrN2O5. The van der Waals surface area contributed by atoms with Crippen LogP contribution < -0.4 is 20.1 Å². The third-order valence-electron chi connectivity index (χ3n) is 4.06. The molecule has 0 aliphatic carbocycles. The van der Waals surface area contributed by atoms with Gasteiger partial charge in [-0.25, -0.2) is 4.79 Å². The highest BCUT2D eigenvalue weighted by Gasteiger charge is 2.22. The van der Waals surface area contributed by atoms with Gasteiger partial charge in [0.05, 0.1) is 25.8 Å². The van der Waals surface area contributed by atoms with Crippen LogP contribution in [0.2, 0.25) is 0 Å². The molecule has 0 saturated carbocycles. The van der Waals surface area contributed by atoms with Crippen molar-refractivity contribution in [3.05, 3.63) is 58.1 Å². The van der Waals surface area contributed by atoms with Crippen LogP contribution in [0.25, 0.3) is 0 Å². The topological polar surface area (TPSA) is 85.9 Å². The van der Waals surface area contributed by atoms with E-state index in [2.05, 4.69) is 26.6 Å². The summed E-state index contributed by atoms with van der Waals surface area (Å²) in [5.74, 6) is 0.746. The normalized spacial score (nSPS) is 11.9. The Morgan fingerprint density at radius 2 is 1.80 bits per heavy atom. The average Bonchev–Trinajstić information content (AvgIpc) is 2.69. The van der Waals surface area contributed by atoms with Gasteiger partial charge >= 0.3 is 6.09 Å². The molecule has 1 atom stereocenters. The minimum Gasteiger partial charge on any atom is -0.497 e. The molecule has 0 aliphatic heterocycles. The van der Waals surface area contributed by atoms with Crippen molar-refractivity contribution in [3.63, 3.8) is 0 Å². The van der Waals surface area contributed by atoms with Crippen molar-refractivity contribution in [2.75, 3.05) is 20.8 Å². The van der Waals surface area contributed by atoms with E-state index in [9.17, 15) is 9.59 Å². The van der Waals surface area contributed by atoms with E-state index in [1.54, 1.807) is 58.2 Å². The second kappa shape index (κ2) is 10.3. The summed E-state index contributed by atoms with van der Waals surface area (Å²) in [6, 6.07) is 11.9. The van der Waals surface area contributed by atoms with Crippen molar-refractivity contribution in [1.29, 1.82) is 0 Å². The van der Waals surface area contributed by atoms with Gasteiger partial charge in [-0.3, -0.25) is 4.79 Å². The fraction of sp³-hybridized carbons (Fsp3) is 0.364. The van der Waals surface area contributed by atoms with Gasteiger partial charge in [0.2, 0.25) is 0 Å². The number of carbonyl (C=O) groups excluding carboxylic acids is 2. The Morgan fingerprint density at radius 3 is 2.43 bits per heavy atom. The van der Waals surface area contributed by atoms with E-state index in [0.29, 0.717) is 17.1 Å². The lowest BCUT2D eigenvalue weighted by Crippen LogP contribution is -2.40. The minimum atomic E-state index is -0.623. The van der Waals surface area contributed by atoms with Crippen molar-refractivity contribution < 1.29 is 23.8 Å². The number of halogens is 1. The fourth-order valence-electron chi connectivity index (χ4n) is 2.70. The Morgan fingerprint density at radius 1 is 1.07 bits per heavy atom. The molecule has 2 aromatic carbocycles. The van der Waals surface area contributed by atoms with Gasteiger partial charge < -0.3 is 24.8 Å². The van der Waals surface area contributed by atoms with E-state index in [-0.39, 0.29) is 12.5 Å². The molecule has 0 heterocycles. The number of hydrogen-bond acceptors (Lipinski definition) is 5. The van der Waals surface area contributed by atoms with Crippen LogP contribution in [0.3, 0.4) is 0 Å². The van der Waals surface area contributed by atoms with Gasteiger partial charge in [-0.05, 0) is 56.7 Å². The van der Waals surface area contributed by atoms with E-state index < -0.39 is 17.7 Å². The van der Waals surface area contributed by atoms with Crippen LogP contribution in [-0.2, 0) is 4.74 Å². The zero-order valence-electron chi connectivity index (χ0n) is 17.7. The number of ether oxygens (including phenoxy) is 3. The fourth-order valence-corrected chi connectivity index (χ4v) is 3.06. The van der Waals surface area contributed by atoms with Crippen LogP contribution >= 0.6 is 15.9 Å². The quantitative estimate of drug-likeness (QED) is 0.613. The van der Waals surface area contributed by atoms with Gasteiger partial charge in [-0.15, -0.1) is 0 Å². The Labute approximate surface area is 185 Å². The Balaban J connectivity index is 2.26. The van der Waals surface area contributed by atoms with Crippen molar-refractivity contribution in [2.24, 2.45) is 0 Å². The highest BCUT2D eigenvalue weighted by atomic mass is 79.9. The molecule has 0 bridgehead atoms. The maximum absolute atomic E-state index is 13.0. The lowest BCUT2D eigenvalue weighted by Gasteiger charge is -2.23. The number of benzene rings is 2. The number of carbonyl (C=O) groups is 2. The smallest absolute Gasteiger partial charge is 0.407 e. The summed E-state index contributed by atoms with van der Waals surface area (Å²) in [5.41, 5.74) is 0.521. The summed E-state index contributed by atoms with van der Waals surface area (Å²) in [4.78, 5) is 25.1. The highest BCUT2D eigenvalue weighted by molar-refractivity contribution is 9.10. The monoisotopic (exact) mass is 478 g/mol. The summed E-state index contributed by atoms with van der Waals surface area (Å²) >= 11 is 3.38. The number of nitrogens with one attached hydrogen (secondary N) is 2. The summed E-state index contributed by atoms with van der Waals surface area (Å²) in [7, 11) is 3.07. The number of methoxy groups -OCH3 is 2. The molecule has 162 valence electrons. The molecular weight excluding hydrogens is 452 g/mol. The summed E-state index contributed by atoms with van der Waals surface area (Å²) < 4.78 is 16.6. The molecule has 2 N–H and O–H groups in total. The third-order valence-corrected chi connectivity index (χ3v) is 4.55. The van der Waals surface area contributed by atoms with Gasteiger partial charge in [-0.1, -0.05) is 28.1 Å². The van der Waals surface area contributed by atoms with Crippen LogP contribution in [0.5, 0.6) is 11.5 Å². The molecule has 0 aromatic heterocycles. The molecule has 8 heteroatoms. The van der Waals surface area contributed by atoms with Crippen LogP contribution in [-0.4, -0.2) is 38.4 Å². The largest absolute Gasteiger partial charge is 0.497 e. The zero-order chi connectivity index (χ0) is 22.3. The number of rotatable bonds is 7. The molecule has 0 aliphatic rings. The molecule has 30 heavy (non-hydrogen) atoms. The molecule has 0 fully saturated rings. The molecule has 1 unspecified atom stereocenters. The Kier molecular flexibility index (Phi) is 8.11. The van der Waals surface area contributed by atoms with Crippen LogP contribution in [0, 0.1) is 0 Å². The maximum Gasteiger partial charge on any atom is 0.407 e. The van der Waals surface area contributed by atoms with Crippen LogP contribution in [0.15, 0.2) is 46.9 Å². The van der Waals surface area contributed by atoms with Gasteiger partial charge in [0.25, 0.3) is 5.91 Å². The van der Waals surface area contributed by atoms with Crippen molar-refractivity contribution >= 4 is 27.9 Å². The number of amides is 2. The van der Waals surface area contributed by atoms with Crippen LogP contribution in [0.4, 0.5) is 4.79 Å². The van der Waals surface area contributed by atoms with Crippen molar-refractivity contribution in [1.82, 2.24) is 10.6 Å². The Hall–Kier alpha value is -2.74. The summed E-state index contributed by atoms with van der Waals surface area (Å²) in [5, 5.41) is 5.67. The predicted molar refractivity (Wildman–Crippen MR) is 118 cm³/mol. The molecule has 2 aromatic rings. The van der Waals surface area contributed by atoms with Gasteiger partial charge in [0.15, 0.2) is 0 Å². The van der Waals surface area contributed by atoms with Crippen molar-refractivity contribution in [2.45, 2.75) is 32.4 Å². The van der Waals surface area contributed by atoms with Gasteiger partial charge in [0.1, 0.15) is 17.1 Å². The second-order valence-electron chi connectivity index (χ2n) is 7.53. The van der Waals surface area contributed by atoms with Crippen molar-refractivity contribution in [3.8, 4) is 11.5 Å². The first-order valence-corrected chi connectivity index (χ1v) is 10.2. The third kappa shape index (κ3) is 6.95. The first-order valence-electron chi connectivity index (χ1n) is 9.38. The van der Waals surface area contributed by atoms with E-state index in [1.807, 2.05) is 12.1 Å². The SMILES string of the molecule is COc1cccc(C(CNC(=O)OC(C)(C)C)NC(=O)c2cc(Br)ccc2OC)c1. The zero-order valence-corrected chi connectivity index (χ0v) is 19.3. The minimum absolute atomic E-state index is 0.129. The predicted octanol–water partition coefficient (Wildman–Crippen LogP) is 4.46. The number of alkyl carbamates (subject to hydrolysis) is 1. The van der Waals surface area contributed by atoms with Gasteiger partial charge in [-0.2, -0.15) is 0 Å². The lowest BCUT2D eigenvalue weighted by atomic mass is 10.1.